The van der Waals surface area contributed by atoms with Crippen LogP contribution in [0.5, 0.6) is 0 Å². The second-order valence-corrected chi connectivity index (χ2v) is 6.07. The van der Waals surface area contributed by atoms with Crippen LogP contribution in [0.15, 0.2) is 17.5 Å². The van der Waals surface area contributed by atoms with Gasteiger partial charge in [0, 0.05) is 13.1 Å². The molecule has 0 aromatic carbocycles. The van der Waals surface area contributed by atoms with Gasteiger partial charge in [-0.05, 0) is 25.3 Å². The Morgan fingerprint density at radius 1 is 1.71 bits per heavy atom. The van der Waals surface area contributed by atoms with Gasteiger partial charge in [-0.15, -0.1) is 22.9 Å². The van der Waals surface area contributed by atoms with Gasteiger partial charge in [-0.25, -0.2) is 0 Å². The molecule has 94 valence electrons. The van der Waals surface area contributed by atoms with Gasteiger partial charge < -0.3 is 9.64 Å². The molecule has 1 aliphatic heterocycles. The predicted molar refractivity (Wildman–Crippen MR) is 69.9 cm³/mol. The minimum atomic E-state index is -0.329. The van der Waals surface area contributed by atoms with Gasteiger partial charge in [-0.2, -0.15) is 0 Å². The molecule has 1 aromatic rings. The van der Waals surface area contributed by atoms with E-state index in [1.165, 1.54) is 11.3 Å². The molecule has 1 atom stereocenters. The zero-order valence-corrected chi connectivity index (χ0v) is 11.6. The number of ether oxygens (including phenoxy) is 1. The van der Waals surface area contributed by atoms with Crippen LogP contribution in [0.3, 0.4) is 0 Å². The predicted octanol–water partition coefficient (Wildman–Crippen LogP) is 2.61. The Morgan fingerprint density at radius 2 is 2.47 bits per heavy atom. The molecule has 2 heterocycles. The van der Waals surface area contributed by atoms with Crippen LogP contribution in [0.4, 0.5) is 0 Å². The van der Waals surface area contributed by atoms with E-state index in [0.29, 0.717) is 19.0 Å². The molecule has 1 aromatic heterocycles. The Morgan fingerprint density at radius 3 is 3.06 bits per heavy atom. The van der Waals surface area contributed by atoms with Crippen molar-refractivity contribution >= 4 is 28.8 Å². The van der Waals surface area contributed by atoms with Crippen LogP contribution in [-0.2, 0) is 4.74 Å². The summed E-state index contributed by atoms with van der Waals surface area (Å²) in [5.74, 6) is 0.490. The van der Waals surface area contributed by atoms with Gasteiger partial charge in [0.2, 0.25) is 0 Å². The number of nitrogens with zero attached hydrogens (tertiary/aromatic N) is 1. The monoisotopic (exact) mass is 273 g/mol. The molecule has 1 unspecified atom stereocenters. The first-order chi connectivity index (χ1) is 8.02. The van der Waals surface area contributed by atoms with Gasteiger partial charge in [0.1, 0.15) is 0 Å². The van der Waals surface area contributed by atoms with Crippen molar-refractivity contribution in [3.05, 3.63) is 22.4 Å². The Bertz CT molecular complexity index is 391. The van der Waals surface area contributed by atoms with Crippen molar-refractivity contribution in [3.8, 4) is 0 Å². The maximum absolute atomic E-state index is 12.2. The summed E-state index contributed by atoms with van der Waals surface area (Å²) >= 11 is 7.31. The van der Waals surface area contributed by atoms with Crippen LogP contribution >= 0.6 is 22.9 Å². The second kappa shape index (κ2) is 4.96. The standard InChI is InChI=1S/C12H16ClNO2S/c1-12(2)8-14(7-9(6-13)16-12)11(15)10-4-3-5-17-10/h3-5,9H,6-8H2,1-2H3. The van der Waals surface area contributed by atoms with E-state index in [2.05, 4.69) is 0 Å². The summed E-state index contributed by atoms with van der Waals surface area (Å²) in [6, 6.07) is 3.74. The molecule has 0 bridgehead atoms. The molecule has 0 spiro atoms. The average molecular weight is 274 g/mol. The van der Waals surface area contributed by atoms with Crippen molar-refractivity contribution in [2.24, 2.45) is 0 Å². The molecule has 2 rings (SSSR count). The van der Waals surface area contributed by atoms with E-state index >= 15 is 0 Å². The number of amides is 1. The van der Waals surface area contributed by atoms with Crippen LogP contribution < -0.4 is 0 Å². The number of hydrogen-bond acceptors (Lipinski definition) is 3. The Hall–Kier alpha value is -0.580. The van der Waals surface area contributed by atoms with Crippen LogP contribution in [0, 0.1) is 0 Å². The van der Waals surface area contributed by atoms with E-state index in [4.69, 9.17) is 16.3 Å². The van der Waals surface area contributed by atoms with Crippen molar-refractivity contribution in [1.82, 2.24) is 4.90 Å². The number of alkyl halides is 1. The number of carbonyl (C=O) groups is 1. The number of hydrogen-bond donors (Lipinski definition) is 0. The normalized spacial score (nSPS) is 23.7. The molecule has 1 amide bonds. The number of thiophene rings is 1. The molecule has 0 saturated carbocycles. The summed E-state index contributed by atoms with van der Waals surface area (Å²) in [4.78, 5) is 14.9. The third-order valence-electron chi connectivity index (χ3n) is 2.67. The molecule has 0 aliphatic carbocycles. The highest BCUT2D eigenvalue weighted by Crippen LogP contribution is 2.24. The number of halogens is 1. The summed E-state index contributed by atoms with van der Waals surface area (Å²) in [7, 11) is 0. The van der Waals surface area contributed by atoms with Crippen LogP contribution in [0.25, 0.3) is 0 Å². The topological polar surface area (TPSA) is 29.5 Å². The lowest BCUT2D eigenvalue weighted by Gasteiger charge is -2.42. The summed E-state index contributed by atoms with van der Waals surface area (Å²) in [6.07, 6.45) is -0.0793. The first kappa shape index (κ1) is 12.9. The van der Waals surface area contributed by atoms with Gasteiger partial charge in [0.15, 0.2) is 0 Å². The Balaban J connectivity index is 2.12. The van der Waals surface area contributed by atoms with Crippen LogP contribution in [0.2, 0.25) is 0 Å². The smallest absolute Gasteiger partial charge is 0.264 e. The minimum Gasteiger partial charge on any atom is -0.367 e. The Kier molecular flexibility index (Phi) is 3.76. The summed E-state index contributed by atoms with van der Waals surface area (Å²) in [6.45, 7) is 5.15. The molecule has 3 nitrogen and oxygen atoms in total. The number of rotatable bonds is 2. The van der Waals surface area contributed by atoms with E-state index < -0.39 is 0 Å². The van der Waals surface area contributed by atoms with Gasteiger partial charge in [0.25, 0.3) is 5.91 Å². The molecule has 5 heteroatoms. The van der Waals surface area contributed by atoms with Gasteiger partial charge in [-0.1, -0.05) is 6.07 Å². The third kappa shape index (κ3) is 3.00. The van der Waals surface area contributed by atoms with Crippen molar-refractivity contribution in [2.75, 3.05) is 19.0 Å². The third-order valence-corrected chi connectivity index (χ3v) is 3.87. The van der Waals surface area contributed by atoms with Crippen LogP contribution in [-0.4, -0.2) is 41.5 Å². The SMILES string of the molecule is CC1(C)CN(C(=O)c2cccs2)CC(CCl)O1. The maximum Gasteiger partial charge on any atom is 0.264 e. The zero-order valence-electron chi connectivity index (χ0n) is 9.98. The van der Waals surface area contributed by atoms with E-state index in [9.17, 15) is 4.79 Å². The molecule has 17 heavy (non-hydrogen) atoms. The lowest BCUT2D eigenvalue weighted by molar-refractivity contribution is -0.117. The largest absolute Gasteiger partial charge is 0.367 e. The van der Waals surface area contributed by atoms with Crippen molar-refractivity contribution in [2.45, 2.75) is 25.6 Å². The fourth-order valence-electron chi connectivity index (χ4n) is 2.09. The quantitative estimate of drug-likeness (QED) is 0.775. The first-order valence-electron chi connectivity index (χ1n) is 5.58. The van der Waals surface area contributed by atoms with E-state index in [1.54, 1.807) is 0 Å². The summed E-state index contributed by atoms with van der Waals surface area (Å²) < 4.78 is 5.80. The highest BCUT2D eigenvalue weighted by atomic mass is 35.5. The lowest BCUT2D eigenvalue weighted by Crippen LogP contribution is -2.55. The van der Waals surface area contributed by atoms with Crippen molar-refractivity contribution in [3.63, 3.8) is 0 Å². The van der Waals surface area contributed by atoms with Gasteiger partial charge in [-0.3, -0.25) is 4.79 Å². The summed E-state index contributed by atoms with van der Waals surface area (Å²) in [5, 5.41) is 1.91. The number of carbonyl (C=O) groups excluding carboxylic acids is 1. The van der Waals surface area contributed by atoms with Crippen molar-refractivity contribution in [1.29, 1.82) is 0 Å². The minimum absolute atomic E-state index is 0.0755. The molecule has 1 aliphatic rings. The second-order valence-electron chi connectivity index (χ2n) is 4.82. The fourth-order valence-corrected chi connectivity index (χ4v) is 2.94. The first-order valence-corrected chi connectivity index (χ1v) is 7.00. The van der Waals surface area contributed by atoms with Crippen molar-refractivity contribution < 1.29 is 9.53 Å². The maximum atomic E-state index is 12.2. The van der Waals surface area contributed by atoms with Crippen LogP contribution in [0.1, 0.15) is 23.5 Å². The fraction of sp³-hybridized carbons (Fsp3) is 0.583. The van der Waals surface area contributed by atoms with E-state index in [0.717, 1.165) is 4.88 Å². The van der Waals surface area contributed by atoms with Gasteiger partial charge in [0.05, 0.1) is 22.5 Å². The zero-order chi connectivity index (χ0) is 12.5. The van der Waals surface area contributed by atoms with E-state index in [-0.39, 0.29) is 17.6 Å². The lowest BCUT2D eigenvalue weighted by atomic mass is 10.1. The summed E-state index contributed by atoms with van der Waals surface area (Å²) in [5.41, 5.74) is -0.329. The molecular weight excluding hydrogens is 258 g/mol. The van der Waals surface area contributed by atoms with Gasteiger partial charge >= 0.3 is 0 Å². The average Bonchev–Trinajstić information content (AvgIpc) is 2.79. The highest BCUT2D eigenvalue weighted by Gasteiger charge is 2.35. The number of morpholine rings is 1. The molecule has 0 N–H and O–H groups in total. The molecule has 0 radical (unpaired) electrons. The Labute approximate surface area is 110 Å². The highest BCUT2D eigenvalue weighted by molar-refractivity contribution is 7.12. The van der Waals surface area contributed by atoms with E-state index in [1.807, 2.05) is 36.3 Å². The molecular formula is C12H16ClNO2S. The molecule has 1 fully saturated rings. The molecule has 1 saturated heterocycles.